The van der Waals surface area contributed by atoms with Crippen LogP contribution in [0.1, 0.15) is 53.6 Å². The summed E-state index contributed by atoms with van der Waals surface area (Å²) in [4.78, 5) is 21.0. The lowest BCUT2D eigenvalue weighted by molar-refractivity contribution is -0.0552. The lowest BCUT2D eigenvalue weighted by atomic mass is 9.63. The summed E-state index contributed by atoms with van der Waals surface area (Å²) < 4.78 is 10.5. The largest absolute Gasteiger partial charge is 0.494 e. The van der Waals surface area contributed by atoms with E-state index in [1.54, 1.807) is 7.11 Å². The summed E-state index contributed by atoms with van der Waals surface area (Å²) in [5, 5.41) is 1.21. The number of rotatable bonds is 7. The molecule has 1 spiro atoms. The van der Waals surface area contributed by atoms with Crippen LogP contribution in [0, 0.1) is 17.3 Å². The predicted octanol–water partition coefficient (Wildman–Crippen LogP) is 7.41. The van der Waals surface area contributed by atoms with Gasteiger partial charge in [0.2, 0.25) is 0 Å². The van der Waals surface area contributed by atoms with Gasteiger partial charge >= 0.3 is 0 Å². The molecule has 3 aromatic carbocycles. The zero-order valence-corrected chi connectivity index (χ0v) is 24.8. The van der Waals surface area contributed by atoms with Crippen LogP contribution in [0.5, 0.6) is 5.75 Å². The van der Waals surface area contributed by atoms with Crippen molar-refractivity contribution in [1.82, 2.24) is 19.0 Å². The van der Waals surface area contributed by atoms with Crippen molar-refractivity contribution in [2.24, 2.45) is 24.3 Å². The summed E-state index contributed by atoms with van der Waals surface area (Å²) in [6.07, 6.45) is 10.7. The molecule has 1 unspecified atom stereocenters. The second kappa shape index (κ2) is 9.09. The second-order valence-electron chi connectivity index (χ2n) is 13.5. The van der Waals surface area contributed by atoms with Gasteiger partial charge in [-0.05, 0) is 79.3 Å². The molecule has 2 bridgehead atoms. The van der Waals surface area contributed by atoms with Gasteiger partial charge in [0.1, 0.15) is 11.3 Å². The minimum atomic E-state index is 0.120. The van der Waals surface area contributed by atoms with E-state index in [9.17, 15) is 4.79 Å². The number of aryl methyl sites for hydroxylation is 1. The normalized spacial score (nSPS) is 24.0. The first kappa shape index (κ1) is 25.2. The molecule has 10 rings (SSSR count). The van der Waals surface area contributed by atoms with Crippen LogP contribution in [0.4, 0.5) is 0 Å². The van der Waals surface area contributed by atoms with Crippen molar-refractivity contribution in [3.63, 3.8) is 0 Å². The fourth-order valence-electron chi connectivity index (χ4n) is 8.39. The Morgan fingerprint density at radius 1 is 1.02 bits per heavy atom. The van der Waals surface area contributed by atoms with E-state index in [1.807, 2.05) is 18.2 Å². The third kappa shape index (κ3) is 3.85. The maximum absolute atomic E-state index is 13.7. The molecule has 6 nitrogen and oxygen atoms in total. The van der Waals surface area contributed by atoms with Crippen molar-refractivity contribution in [3.8, 4) is 17.3 Å². The quantitative estimate of drug-likeness (QED) is 0.192. The molecule has 5 aliphatic rings. The molecule has 1 aliphatic heterocycles. The molecule has 216 valence electrons. The Kier molecular flexibility index (Phi) is 5.33. The number of amides is 1. The van der Waals surface area contributed by atoms with Crippen LogP contribution in [0.3, 0.4) is 0 Å². The molecular formula is C37H36N4O2. The number of hydrogen-bond donors (Lipinski definition) is 0. The molecule has 43 heavy (non-hydrogen) atoms. The molecule has 5 fully saturated rings. The van der Waals surface area contributed by atoms with E-state index in [4.69, 9.17) is 9.72 Å². The van der Waals surface area contributed by atoms with Gasteiger partial charge in [-0.2, -0.15) is 0 Å². The fourth-order valence-corrected chi connectivity index (χ4v) is 8.39. The zero-order valence-electron chi connectivity index (χ0n) is 24.8. The first-order valence-electron chi connectivity index (χ1n) is 15.7. The zero-order chi connectivity index (χ0) is 28.9. The van der Waals surface area contributed by atoms with E-state index in [1.165, 1.54) is 54.1 Å². The molecule has 1 amide bonds. The number of carbonyl (C=O) groups excluding carboxylic acids is 1. The SMILES string of the molecule is COc1cc(C(=O)N2CC34CC(CC23)C4)cc2nc(-c3cc4ccc(/C=C/c5ccccc5)cc4n3CC3CC3)n(C)c12. The lowest BCUT2D eigenvalue weighted by Gasteiger charge is -2.56. The van der Waals surface area contributed by atoms with Gasteiger partial charge in [0, 0.05) is 48.1 Å². The topological polar surface area (TPSA) is 52.3 Å². The monoisotopic (exact) mass is 568 g/mol. The molecule has 1 atom stereocenters. The number of nitrogens with zero attached hydrogens (tertiary/aromatic N) is 4. The van der Waals surface area contributed by atoms with Gasteiger partial charge in [-0.1, -0.05) is 54.6 Å². The van der Waals surface area contributed by atoms with Crippen LogP contribution in [-0.2, 0) is 13.6 Å². The third-order valence-corrected chi connectivity index (χ3v) is 10.7. The average Bonchev–Trinajstić information content (AvgIpc) is 3.48. The highest BCUT2D eigenvalue weighted by atomic mass is 16.5. The molecule has 6 heteroatoms. The van der Waals surface area contributed by atoms with Crippen molar-refractivity contribution in [1.29, 1.82) is 0 Å². The first-order chi connectivity index (χ1) is 21.0. The van der Waals surface area contributed by atoms with Crippen molar-refractivity contribution < 1.29 is 9.53 Å². The molecule has 4 saturated carbocycles. The van der Waals surface area contributed by atoms with Gasteiger partial charge in [-0.25, -0.2) is 4.98 Å². The predicted molar refractivity (Wildman–Crippen MR) is 171 cm³/mol. The van der Waals surface area contributed by atoms with Crippen molar-refractivity contribution in [3.05, 3.63) is 83.4 Å². The number of methoxy groups -OCH3 is 1. The van der Waals surface area contributed by atoms with Crippen LogP contribution in [0.25, 0.3) is 45.6 Å². The smallest absolute Gasteiger partial charge is 0.254 e. The van der Waals surface area contributed by atoms with Crippen LogP contribution in [0.15, 0.2) is 66.7 Å². The van der Waals surface area contributed by atoms with E-state index in [0.717, 1.165) is 41.6 Å². The van der Waals surface area contributed by atoms with Gasteiger partial charge in [0.25, 0.3) is 5.91 Å². The number of aromatic nitrogens is 3. The van der Waals surface area contributed by atoms with Crippen LogP contribution < -0.4 is 4.74 Å². The maximum atomic E-state index is 13.7. The van der Waals surface area contributed by atoms with E-state index >= 15 is 0 Å². The van der Waals surface area contributed by atoms with Gasteiger partial charge in [0.15, 0.2) is 5.82 Å². The van der Waals surface area contributed by atoms with Crippen LogP contribution in [-0.4, -0.2) is 44.6 Å². The molecule has 5 aromatic rings. The molecule has 3 heterocycles. The molecular weight excluding hydrogens is 532 g/mol. The second-order valence-corrected chi connectivity index (χ2v) is 13.5. The summed E-state index contributed by atoms with van der Waals surface area (Å²) in [7, 11) is 3.75. The minimum Gasteiger partial charge on any atom is -0.494 e. The maximum Gasteiger partial charge on any atom is 0.254 e. The minimum absolute atomic E-state index is 0.120. The number of carbonyl (C=O) groups is 1. The summed E-state index contributed by atoms with van der Waals surface area (Å²) in [5.74, 6) is 3.25. The van der Waals surface area contributed by atoms with Crippen LogP contribution in [0.2, 0.25) is 0 Å². The standard InChI is InChI=1S/C37H36N4O2/c1-39-34-29(16-28(18-32(34)43-2)36(42)41-22-37-19-26(20-37)15-33(37)41)38-35(39)31-17-27-13-12-24(9-8-23-6-4-3-5-7-23)14-30(27)40(31)21-25-10-11-25/h3-9,12-14,16-18,25-26,33H,10-11,15,19-22H2,1-2H3/b9-8+. The Balaban J connectivity index is 1.12. The Hall–Kier alpha value is -4.32. The van der Waals surface area contributed by atoms with Gasteiger partial charge in [0.05, 0.1) is 18.3 Å². The summed E-state index contributed by atoms with van der Waals surface area (Å²) in [5.41, 5.74) is 7.55. The number of imidazole rings is 1. The number of benzene rings is 3. The van der Waals surface area contributed by atoms with Crippen molar-refractivity contribution >= 4 is 40.0 Å². The Morgan fingerprint density at radius 3 is 2.60 bits per heavy atom. The molecule has 0 N–H and O–H groups in total. The Morgan fingerprint density at radius 2 is 1.84 bits per heavy atom. The number of fused-ring (bicyclic) bond motifs is 2. The molecule has 4 aliphatic carbocycles. The van der Waals surface area contributed by atoms with E-state index < -0.39 is 0 Å². The fraction of sp³-hybridized carbons (Fsp3) is 0.351. The number of hydrogen-bond acceptors (Lipinski definition) is 3. The number of likely N-dealkylation sites (tertiary alicyclic amines) is 1. The molecule has 2 aromatic heterocycles. The average molecular weight is 569 g/mol. The first-order valence-corrected chi connectivity index (χ1v) is 15.7. The lowest BCUT2D eigenvalue weighted by Crippen LogP contribution is -2.64. The number of ether oxygens (including phenoxy) is 1. The highest BCUT2D eigenvalue weighted by Gasteiger charge is 2.66. The Labute approximate surface area is 251 Å². The van der Waals surface area contributed by atoms with Gasteiger partial charge in [-0.15, -0.1) is 0 Å². The van der Waals surface area contributed by atoms with E-state index in [2.05, 4.69) is 81.8 Å². The molecule has 0 radical (unpaired) electrons. The molecule has 1 saturated heterocycles. The van der Waals surface area contributed by atoms with E-state index in [0.29, 0.717) is 28.7 Å². The highest BCUT2D eigenvalue weighted by molar-refractivity contribution is 6.01. The summed E-state index contributed by atoms with van der Waals surface area (Å²) in [6.45, 7) is 1.89. The Bertz CT molecular complexity index is 1960. The van der Waals surface area contributed by atoms with Crippen molar-refractivity contribution in [2.45, 2.75) is 44.7 Å². The van der Waals surface area contributed by atoms with Crippen molar-refractivity contribution in [2.75, 3.05) is 13.7 Å². The van der Waals surface area contributed by atoms with Crippen LogP contribution >= 0.6 is 0 Å². The summed E-state index contributed by atoms with van der Waals surface area (Å²) >= 11 is 0. The van der Waals surface area contributed by atoms with E-state index in [-0.39, 0.29) is 5.91 Å². The highest BCUT2D eigenvalue weighted by Crippen LogP contribution is 2.66. The third-order valence-electron chi connectivity index (χ3n) is 10.7. The van der Waals surface area contributed by atoms with Gasteiger partial charge in [-0.3, -0.25) is 4.79 Å². The van der Waals surface area contributed by atoms with Gasteiger partial charge < -0.3 is 18.8 Å². The summed E-state index contributed by atoms with van der Waals surface area (Å²) in [6, 6.07) is 23.7.